The zero-order valence-electron chi connectivity index (χ0n) is 10.7. The highest BCUT2D eigenvalue weighted by Crippen LogP contribution is 2.34. The van der Waals surface area contributed by atoms with Crippen molar-refractivity contribution in [2.24, 2.45) is 0 Å². The van der Waals surface area contributed by atoms with Crippen LogP contribution in [0.2, 0.25) is 0 Å². The molecule has 1 aliphatic carbocycles. The number of rotatable bonds is 2. The summed E-state index contributed by atoms with van der Waals surface area (Å²) in [6, 6.07) is 5.57. The zero-order valence-corrected chi connectivity index (χ0v) is 10.7. The fourth-order valence-corrected chi connectivity index (χ4v) is 2.60. The van der Waals surface area contributed by atoms with E-state index in [2.05, 4.69) is 0 Å². The first kappa shape index (κ1) is 13.7. The van der Waals surface area contributed by atoms with Gasteiger partial charge in [-0.1, -0.05) is 12.8 Å². The summed E-state index contributed by atoms with van der Waals surface area (Å²) >= 11 is 0. The van der Waals surface area contributed by atoms with E-state index >= 15 is 0 Å². The Labute approximate surface area is 110 Å². The van der Waals surface area contributed by atoms with E-state index in [1.807, 2.05) is 18.0 Å². The van der Waals surface area contributed by atoms with Gasteiger partial charge in [-0.05, 0) is 31.0 Å². The number of alkyl halides is 3. The lowest BCUT2D eigenvalue weighted by atomic mass is 10.1. The third-order valence-corrected chi connectivity index (χ3v) is 3.70. The Hall–Kier alpha value is -1.70. The fourth-order valence-electron chi connectivity index (χ4n) is 2.60. The molecule has 0 spiro atoms. The van der Waals surface area contributed by atoms with Gasteiger partial charge >= 0.3 is 6.18 Å². The average Bonchev–Trinajstić information content (AvgIpc) is 2.90. The van der Waals surface area contributed by atoms with Gasteiger partial charge in [0, 0.05) is 13.1 Å². The summed E-state index contributed by atoms with van der Waals surface area (Å²) in [4.78, 5) is 1.94. The number of hydrogen-bond donors (Lipinski definition) is 0. The summed E-state index contributed by atoms with van der Waals surface area (Å²) in [5.74, 6) is 0. The molecule has 1 fully saturated rings. The second-order valence-corrected chi connectivity index (χ2v) is 4.89. The van der Waals surface area contributed by atoms with Gasteiger partial charge in [-0.3, -0.25) is 0 Å². The zero-order chi connectivity index (χ0) is 14.0. The Morgan fingerprint density at radius 3 is 2.42 bits per heavy atom. The van der Waals surface area contributed by atoms with Crippen LogP contribution in [0.4, 0.5) is 18.9 Å². The first-order chi connectivity index (χ1) is 8.93. The molecule has 0 radical (unpaired) electrons. The standard InChI is InChI=1S/C14H15F3N2/c1-19(12-4-2-3-5-12)13-7-6-11(14(15,16)17)8-10(13)9-18/h6-8,12H,2-5H2,1H3. The summed E-state index contributed by atoms with van der Waals surface area (Å²) in [5.41, 5.74) is -0.0979. The summed E-state index contributed by atoms with van der Waals surface area (Å²) in [7, 11) is 1.85. The summed E-state index contributed by atoms with van der Waals surface area (Å²) in [6.45, 7) is 0. The van der Waals surface area contributed by atoms with Crippen LogP contribution in [0.1, 0.15) is 36.8 Å². The van der Waals surface area contributed by atoms with E-state index in [1.54, 1.807) is 0 Å². The van der Waals surface area contributed by atoms with Gasteiger partial charge in [0.1, 0.15) is 6.07 Å². The van der Waals surface area contributed by atoms with E-state index in [-0.39, 0.29) is 5.56 Å². The van der Waals surface area contributed by atoms with Gasteiger partial charge in [0.2, 0.25) is 0 Å². The molecule has 0 heterocycles. The smallest absolute Gasteiger partial charge is 0.371 e. The van der Waals surface area contributed by atoms with E-state index in [4.69, 9.17) is 5.26 Å². The van der Waals surface area contributed by atoms with Crippen molar-refractivity contribution in [2.75, 3.05) is 11.9 Å². The minimum absolute atomic E-state index is 0.0872. The molecule has 1 saturated carbocycles. The Balaban J connectivity index is 2.33. The summed E-state index contributed by atoms with van der Waals surface area (Å²) < 4.78 is 37.8. The number of halogens is 3. The number of hydrogen-bond acceptors (Lipinski definition) is 2. The van der Waals surface area contributed by atoms with Crippen LogP contribution in [0.5, 0.6) is 0 Å². The lowest BCUT2D eigenvalue weighted by molar-refractivity contribution is -0.137. The second-order valence-electron chi connectivity index (χ2n) is 4.89. The predicted octanol–water partition coefficient (Wildman–Crippen LogP) is 3.96. The maximum Gasteiger partial charge on any atom is 0.416 e. The average molecular weight is 268 g/mol. The number of nitriles is 1. The van der Waals surface area contributed by atoms with Crippen molar-refractivity contribution in [3.63, 3.8) is 0 Å². The number of nitrogens with zero attached hydrogens (tertiary/aromatic N) is 2. The largest absolute Gasteiger partial charge is 0.416 e. The highest BCUT2D eigenvalue weighted by Gasteiger charge is 2.31. The minimum Gasteiger partial charge on any atom is -0.371 e. The maximum atomic E-state index is 12.6. The highest BCUT2D eigenvalue weighted by molar-refractivity contribution is 5.61. The van der Waals surface area contributed by atoms with E-state index in [0.29, 0.717) is 11.7 Å². The van der Waals surface area contributed by atoms with Gasteiger partial charge < -0.3 is 4.90 Å². The van der Waals surface area contributed by atoms with Gasteiger partial charge in [-0.25, -0.2) is 0 Å². The monoisotopic (exact) mass is 268 g/mol. The first-order valence-corrected chi connectivity index (χ1v) is 6.27. The van der Waals surface area contributed by atoms with Crippen LogP contribution in [0, 0.1) is 11.3 Å². The predicted molar refractivity (Wildman–Crippen MR) is 66.8 cm³/mol. The fraction of sp³-hybridized carbons (Fsp3) is 0.500. The molecule has 102 valence electrons. The Morgan fingerprint density at radius 1 is 1.26 bits per heavy atom. The van der Waals surface area contributed by atoms with Crippen molar-refractivity contribution in [3.8, 4) is 6.07 Å². The molecular formula is C14H15F3N2. The lowest BCUT2D eigenvalue weighted by Crippen LogP contribution is -2.29. The van der Waals surface area contributed by atoms with Crippen LogP contribution in [-0.2, 0) is 6.18 Å². The van der Waals surface area contributed by atoms with Crippen molar-refractivity contribution < 1.29 is 13.2 Å². The third kappa shape index (κ3) is 2.83. The lowest BCUT2D eigenvalue weighted by Gasteiger charge is -2.27. The van der Waals surface area contributed by atoms with Gasteiger partial charge in [0.15, 0.2) is 0 Å². The molecule has 0 aliphatic heterocycles. The van der Waals surface area contributed by atoms with Gasteiger partial charge in [0.05, 0.1) is 16.8 Å². The van der Waals surface area contributed by atoms with Crippen LogP contribution in [0.25, 0.3) is 0 Å². The quantitative estimate of drug-likeness (QED) is 0.811. The molecule has 0 unspecified atom stereocenters. The molecule has 5 heteroatoms. The van der Waals surface area contributed by atoms with Crippen LogP contribution in [-0.4, -0.2) is 13.1 Å². The molecule has 0 N–H and O–H groups in total. The van der Waals surface area contributed by atoms with Gasteiger partial charge in [0.25, 0.3) is 0 Å². The Kier molecular flexibility index (Phi) is 3.70. The van der Waals surface area contributed by atoms with E-state index in [0.717, 1.165) is 37.8 Å². The minimum atomic E-state index is -4.41. The van der Waals surface area contributed by atoms with Crippen molar-refractivity contribution >= 4 is 5.69 Å². The van der Waals surface area contributed by atoms with Crippen LogP contribution in [0.3, 0.4) is 0 Å². The summed E-state index contributed by atoms with van der Waals surface area (Å²) in [6.07, 6.45) is -0.0735. The third-order valence-electron chi connectivity index (χ3n) is 3.70. The number of anilines is 1. The maximum absolute atomic E-state index is 12.6. The molecular weight excluding hydrogens is 253 g/mol. The molecule has 2 nitrogen and oxygen atoms in total. The van der Waals surface area contributed by atoms with Crippen molar-refractivity contribution in [1.82, 2.24) is 0 Å². The van der Waals surface area contributed by atoms with Gasteiger partial charge in [-0.15, -0.1) is 0 Å². The first-order valence-electron chi connectivity index (χ1n) is 6.27. The molecule has 2 rings (SSSR count). The Morgan fingerprint density at radius 2 is 1.89 bits per heavy atom. The van der Waals surface area contributed by atoms with E-state index in [9.17, 15) is 13.2 Å². The molecule has 0 atom stereocenters. The van der Waals surface area contributed by atoms with Crippen LogP contribution >= 0.6 is 0 Å². The molecule has 1 aromatic rings. The topological polar surface area (TPSA) is 27.0 Å². The second kappa shape index (κ2) is 5.12. The van der Waals surface area contributed by atoms with E-state index < -0.39 is 11.7 Å². The van der Waals surface area contributed by atoms with Crippen LogP contribution in [0.15, 0.2) is 18.2 Å². The molecule has 0 bridgehead atoms. The Bertz CT molecular complexity index is 496. The molecule has 1 aliphatic rings. The van der Waals surface area contributed by atoms with Gasteiger partial charge in [-0.2, -0.15) is 18.4 Å². The normalized spacial score (nSPS) is 16.4. The SMILES string of the molecule is CN(c1ccc(C(F)(F)F)cc1C#N)C1CCCC1. The van der Waals surface area contributed by atoms with Crippen molar-refractivity contribution in [2.45, 2.75) is 37.9 Å². The molecule has 0 amide bonds. The van der Waals surface area contributed by atoms with E-state index in [1.165, 1.54) is 6.07 Å². The highest BCUT2D eigenvalue weighted by atomic mass is 19.4. The molecule has 0 saturated heterocycles. The van der Waals surface area contributed by atoms with Crippen molar-refractivity contribution in [3.05, 3.63) is 29.3 Å². The molecule has 19 heavy (non-hydrogen) atoms. The molecule has 0 aromatic heterocycles. The van der Waals surface area contributed by atoms with Crippen molar-refractivity contribution in [1.29, 1.82) is 5.26 Å². The summed E-state index contributed by atoms with van der Waals surface area (Å²) in [5, 5.41) is 9.06. The molecule has 1 aromatic carbocycles. The number of benzene rings is 1. The van der Waals surface area contributed by atoms with Crippen LogP contribution < -0.4 is 4.90 Å².